The van der Waals surface area contributed by atoms with Crippen LogP contribution in [-0.2, 0) is 6.42 Å². The van der Waals surface area contributed by atoms with Gasteiger partial charge in [-0.15, -0.1) is 0 Å². The van der Waals surface area contributed by atoms with Gasteiger partial charge in [0.05, 0.1) is 6.61 Å². The van der Waals surface area contributed by atoms with Gasteiger partial charge in [-0.1, -0.05) is 30.7 Å². The van der Waals surface area contributed by atoms with E-state index in [2.05, 4.69) is 43.5 Å². The molecule has 1 aromatic heterocycles. The van der Waals surface area contributed by atoms with Crippen molar-refractivity contribution in [3.63, 3.8) is 0 Å². The lowest BCUT2D eigenvalue weighted by molar-refractivity contribution is 0.280. The fraction of sp³-hybridized carbons (Fsp3) is 0.545. The SMILES string of the molecule is C/C=C\CCCc1ccc(C2CCC(CCC3CC=C(c4ccc(OCC)c(F)c4F)CC3)CC2)nc1. The molecule has 1 heterocycles. The molecule has 0 N–H and O–H groups in total. The summed E-state index contributed by atoms with van der Waals surface area (Å²) in [6.45, 7) is 4.17. The molecule has 1 fully saturated rings. The molecule has 2 aromatic rings. The number of allylic oxidation sites excluding steroid dienone is 4. The second-order valence-electron chi connectivity index (χ2n) is 10.9. The highest BCUT2D eigenvalue weighted by molar-refractivity contribution is 5.67. The molecule has 2 aliphatic carbocycles. The average molecular weight is 508 g/mol. The monoisotopic (exact) mass is 507 g/mol. The van der Waals surface area contributed by atoms with Crippen molar-refractivity contribution in [1.29, 1.82) is 0 Å². The van der Waals surface area contributed by atoms with E-state index < -0.39 is 11.6 Å². The van der Waals surface area contributed by atoms with Gasteiger partial charge in [0.2, 0.25) is 5.82 Å². The number of aromatic nitrogens is 1. The zero-order valence-electron chi connectivity index (χ0n) is 22.7. The molecule has 1 atom stereocenters. The fourth-order valence-electron chi connectivity index (χ4n) is 6.08. The maximum Gasteiger partial charge on any atom is 0.201 e. The van der Waals surface area contributed by atoms with Gasteiger partial charge in [-0.3, -0.25) is 4.98 Å². The molecule has 2 aliphatic rings. The lowest BCUT2D eigenvalue weighted by Gasteiger charge is -2.30. The van der Waals surface area contributed by atoms with Gasteiger partial charge in [-0.05, 0) is 126 Å². The lowest BCUT2D eigenvalue weighted by Crippen LogP contribution is -2.16. The summed E-state index contributed by atoms with van der Waals surface area (Å²) in [5.74, 6) is 0.420. The molecule has 1 saturated carbocycles. The number of rotatable bonds is 11. The third kappa shape index (κ3) is 7.52. The molecule has 0 spiro atoms. The molecule has 4 heteroatoms. The predicted octanol–water partition coefficient (Wildman–Crippen LogP) is 9.59. The number of halogens is 2. The van der Waals surface area contributed by atoms with Crippen molar-refractivity contribution in [2.24, 2.45) is 11.8 Å². The minimum Gasteiger partial charge on any atom is -0.491 e. The molecule has 0 aliphatic heterocycles. The number of benzene rings is 1. The summed E-state index contributed by atoms with van der Waals surface area (Å²) >= 11 is 0. The number of nitrogens with zero attached hydrogens (tertiary/aromatic N) is 1. The van der Waals surface area contributed by atoms with Crippen molar-refractivity contribution in [3.8, 4) is 5.75 Å². The molecule has 0 amide bonds. The van der Waals surface area contributed by atoms with Crippen LogP contribution in [0.3, 0.4) is 0 Å². The minimum atomic E-state index is -0.871. The van der Waals surface area contributed by atoms with Crippen LogP contribution >= 0.6 is 0 Å². The van der Waals surface area contributed by atoms with E-state index in [1.165, 1.54) is 56.2 Å². The summed E-state index contributed by atoms with van der Waals surface area (Å²) in [5.41, 5.74) is 3.96. The number of ether oxygens (including phenoxy) is 1. The summed E-state index contributed by atoms with van der Waals surface area (Å²) in [4.78, 5) is 4.82. The van der Waals surface area contributed by atoms with Crippen LogP contribution < -0.4 is 4.74 Å². The van der Waals surface area contributed by atoms with Crippen molar-refractivity contribution in [1.82, 2.24) is 4.98 Å². The highest BCUT2D eigenvalue weighted by Crippen LogP contribution is 2.40. The van der Waals surface area contributed by atoms with E-state index in [0.29, 0.717) is 24.0 Å². The Bertz CT molecular complexity index is 1050. The number of pyridine rings is 1. The highest BCUT2D eigenvalue weighted by atomic mass is 19.2. The largest absolute Gasteiger partial charge is 0.491 e. The normalized spacial score (nSPS) is 22.3. The molecule has 0 saturated heterocycles. The van der Waals surface area contributed by atoms with Crippen molar-refractivity contribution >= 4 is 5.57 Å². The van der Waals surface area contributed by atoms with E-state index in [4.69, 9.17) is 9.72 Å². The predicted molar refractivity (Wildman–Crippen MR) is 149 cm³/mol. The number of hydrogen-bond acceptors (Lipinski definition) is 2. The van der Waals surface area contributed by atoms with E-state index in [9.17, 15) is 8.78 Å². The lowest BCUT2D eigenvalue weighted by atomic mass is 9.76. The van der Waals surface area contributed by atoms with Crippen LogP contribution in [0.15, 0.2) is 48.7 Å². The maximum atomic E-state index is 14.6. The summed E-state index contributed by atoms with van der Waals surface area (Å²) in [6, 6.07) is 7.77. The molecule has 0 radical (unpaired) electrons. The standard InChI is InChI=1S/C33H43F2NO/c1-3-5-6-7-8-26-15-21-30(36-23-26)28-18-13-25(14-19-28)10-9-24-11-16-27(17-12-24)29-20-22-31(37-4-2)33(35)32(29)34/h3,5,15-16,20-25,28H,4,6-14,17-19H2,1-2H3/b5-3-. The molecule has 0 bridgehead atoms. The van der Waals surface area contributed by atoms with Gasteiger partial charge in [-0.25, -0.2) is 4.39 Å². The Kier molecular flexibility index (Phi) is 10.3. The van der Waals surface area contributed by atoms with E-state index in [1.807, 2.05) is 0 Å². The Hall–Kier alpha value is -2.49. The van der Waals surface area contributed by atoms with Crippen LogP contribution in [0.1, 0.15) is 107 Å². The van der Waals surface area contributed by atoms with E-state index in [-0.39, 0.29) is 5.75 Å². The molecule has 2 nitrogen and oxygen atoms in total. The number of unbranched alkanes of at least 4 members (excludes halogenated alkanes) is 1. The van der Waals surface area contributed by atoms with Gasteiger partial charge in [0, 0.05) is 23.4 Å². The Morgan fingerprint density at radius 2 is 1.78 bits per heavy atom. The van der Waals surface area contributed by atoms with Gasteiger partial charge < -0.3 is 4.74 Å². The summed E-state index contributed by atoms with van der Waals surface area (Å²) in [6.07, 6.45) is 22.4. The first-order valence-electron chi connectivity index (χ1n) is 14.4. The zero-order valence-corrected chi connectivity index (χ0v) is 22.7. The summed E-state index contributed by atoms with van der Waals surface area (Å²) in [5, 5.41) is 0. The minimum absolute atomic E-state index is 0.00350. The van der Waals surface area contributed by atoms with Crippen molar-refractivity contribution < 1.29 is 13.5 Å². The zero-order chi connectivity index (χ0) is 26.0. The second-order valence-corrected chi connectivity index (χ2v) is 10.9. The molecular formula is C33H43F2NO. The molecule has 1 unspecified atom stereocenters. The molecule has 4 rings (SSSR count). The number of hydrogen-bond donors (Lipinski definition) is 0. The highest BCUT2D eigenvalue weighted by Gasteiger charge is 2.25. The first-order chi connectivity index (χ1) is 18.1. The van der Waals surface area contributed by atoms with Gasteiger partial charge >= 0.3 is 0 Å². The van der Waals surface area contributed by atoms with E-state index >= 15 is 0 Å². The molecule has 1 aromatic carbocycles. The smallest absolute Gasteiger partial charge is 0.201 e. The molecule has 37 heavy (non-hydrogen) atoms. The quantitative estimate of drug-likeness (QED) is 0.223. The van der Waals surface area contributed by atoms with E-state index in [1.54, 1.807) is 19.1 Å². The third-order valence-electron chi connectivity index (χ3n) is 8.38. The van der Waals surface area contributed by atoms with Crippen molar-refractivity contribution in [2.45, 2.75) is 96.8 Å². The summed E-state index contributed by atoms with van der Waals surface area (Å²) < 4.78 is 34.1. The van der Waals surface area contributed by atoms with Crippen LogP contribution in [0, 0.1) is 23.5 Å². The molecular weight excluding hydrogens is 464 g/mol. The first kappa shape index (κ1) is 27.5. The Morgan fingerprint density at radius 3 is 2.46 bits per heavy atom. The van der Waals surface area contributed by atoms with Gasteiger partial charge in [0.15, 0.2) is 11.6 Å². The van der Waals surface area contributed by atoms with E-state index in [0.717, 1.165) is 43.6 Å². The number of aryl methyl sites for hydroxylation is 1. The average Bonchev–Trinajstić information content (AvgIpc) is 2.94. The van der Waals surface area contributed by atoms with Crippen LogP contribution in [0.25, 0.3) is 5.57 Å². The van der Waals surface area contributed by atoms with Crippen molar-refractivity contribution in [2.75, 3.05) is 6.61 Å². The Morgan fingerprint density at radius 1 is 0.973 bits per heavy atom. The Balaban J connectivity index is 1.19. The second kappa shape index (κ2) is 13.9. The van der Waals surface area contributed by atoms with Crippen LogP contribution in [0.4, 0.5) is 8.78 Å². The van der Waals surface area contributed by atoms with Crippen LogP contribution in [-0.4, -0.2) is 11.6 Å². The first-order valence-corrected chi connectivity index (χ1v) is 14.4. The topological polar surface area (TPSA) is 22.1 Å². The maximum absolute atomic E-state index is 14.6. The van der Waals surface area contributed by atoms with Crippen molar-refractivity contribution in [3.05, 3.63) is 77.1 Å². The van der Waals surface area contributed by atoms with Gasteiger partial charge in [0.1, 0.15) is 0 Å². The van der Waals surface area contributed by atoms with Gasteiger partial charge in [-0.2, -0.15) is 4.39 Å². The summed E-state index contributed by atoms with van der Waals surface area (Å²) in [7, 11) is 0. The Labute approximate surface area is 222 Å². The molecule has 200 valence electrons. The third-order valence-corrected chi connectivity index (χ3v) is 8.38. The fourth-order valence-corrected chi connectivity index (χ4v) is 6.08. The van der Waals surface area contributed by atoms with Gasteiger partial charge in [0.25, 0.3) is 0 Å². The van der Waals surface area contributed by atoms with Crippen LogP contribution in [0.2, 0.25) is 0 Å². The van der Waals surface area contributed by atoms with Crippen LogP contribution in [0.5, 0.6) is 5.75 Å².